The van der Waals surface area contributed by atoms with E-state index < -0.39 is 17.7 Å². The van der Waals surface area contributed by atoms with Crippen molar-refractivity contribution in [3.63, 3.8) is 0 Å². The number of aliphatic hydroxyl groups excluding tert-OH is 1. The van der Waals surface area contributed by atoms with E-state index in [9.17, 15) is 19.8 Å². The summed E-state index contributed by atoms with van der Waals surface area (Å²) in [7, 11) is 0. The van der Waals surface area contributed by atoms with Gasteiger partial charge in [-0.3, -0.25) is 9.59 Å². The van der Waals surface area contributed by atoms with Gasteiger partial charge in [0.15, 0.2) is 11.5 Å². The van der Waals surface area contributed by atoms with Gasteiger partial charge < -0.3 is 19.8 Å². The van der Waals surface area contributed by atoms with Crippen LogP contribution in [0.3, 0.4) is 0 Å². The van der Waals surface area contributed by atoms with E-state index in [0.717, 1.165) is 5.56 Å². The average molecular weight is 478 g/mol. The number of nitrogens with zero attached hydrogens (tertiary/aromatic N) is 1. The second-order valence-electron chi connectivity index (χ2n) is 7.90. The molecule has 1 heterocycles. The number of Topliss-reactive ketones (excluding diaryl/α,β-unsaturated/α-hetero) is 1. The second-order valence-corrected chi connectivity index (χ2v) is 8.33. The number of aromatic hydroxyl groups is 1. The smallest absolute Gasteiger partial charge is 0.295 e. The summed E-state index contributed by atoms with van der Waals surface area (Å²) in [6, 6.07) is 19.9. The first-order valence-electron chi connectivity index (χ1n) is 10.9. The van der Waals surface area contributed by atoms with Crippen LogP contribution in [-0.4, -0.2) is 40.0 Å². The molecule has 1 aliphatic heterocycles. The zero-order valence-electron chi connectivity index (χ0n) is 18.6. The maximum absolute atomic E-state index is 13.2. The quantitative estimate of drug-likeness (QED) is 0.280. The lowest BCUT2D eigenvalue weighted by atomic mass is 9.95. The number of phenolic OH excluding ortho intramolecular Hbond substituents is 1. The minimum atomic E-state index is -0.848. The Morgan fingerprint density at radius 2 is 1.74 bits per heavy atom. The number of aliphatic hydroxyl groups is 1. The zero-order chi connectivity index (χ0) is 24.2. The Kier molecular flexibility index (Phi) is 6.89. The molecule has 1 aliphatic rings. The topological polar surface area (TPSA) is 87.1 Å². The average Bonchev–Trinajstić information content (AvgIpc) is 3.10. The lowest BCUT2D eigenvalue weighted by Gasteiger charge is -2.26. The molecule has 0 bridgehead atoms. The van der Waals surface area contributed by atoms with Gasteiger partial charge in [0.2, 0.25) is 0 Å². The number of carbonyl (C=O) groups excluding carboxylic acids is 2. The summed E-state index contributed by atoms with van der Waals surface area (Å²) < 4.78 is 5.52. The molecule has 1 saturated heterocycles. The van der Waals surface area contributed by atoms with Gasteiger partial charge in [0.25, 0.3) is 11.7 Å². The van der Waals surface area contributed by atoms with Crippen molar-refractivity contribution in [2.45, 2.75) is 19.4 Å². The molecule has 1 fully saturated rings. The van der Waals surface area contributed by atoms with Crippen molar-refractivity contribution in [1.82, 2.24) is 4.90 Å². The molecule has 174 valence electrons. The van der Waals surface area contributed by atoms with Crippen LogP contribution in [-0.2, 0) is 16.0 Å². The Morgan fingerprint density at radius 3 is 2.41 bits per heavy atom. The number of ketones is 1. The van der Waals surface area contributed by atoms with Gasteiger partial charge in [0.05, 0.1) is 18.2 Å². The number of ether oxygens (including phenoxy) is 1. The zero-order valence-corrected chi connectivity index (χ0v) is 19.3. The van der Waals surface area contributed by atoms with E-state index in [2.05, 4.69) is 0 Å². The van der Waals surface area contributed by atoms with Crippen LogP contribution in [0, 0.1) is 0 Å². The van der Waals surface area contributed by atoms with E-state index in [0.29, 0.717) is 29.2 Å². The molecule has 3 aromatic rings. The SMILES string of the molecule is CCOc1cc(C2/C(=C(\O)c3ccc(Cl)cc3)C(=O)C(=O)N2CCc2ccccc2)ccc1O. The molecule has 0 saturated carbocycles. The lowest BCUT2D eigenvalue weighted by Crippen LogP contribution is -2.31. The second kappa shape index (κ2) is 10.0. The van der Waals surface area contributed by atoms with Gasteiger partial charge in [0.1, 0.15) is 5.76 Å². The van der Waals surface area contributed by atoms with Crippen LogP contribution in [0.5, 0.6) is 11.5 Å². The van der Waals surface area contributed by atoms with Crippen LogP contribution in [0.4, 0.5) is 0 Å². The fraction of sp³-hybridized carbons (Fsp3) is 0.185. The normalized spacial score (nSPS) is 17.2. The highest BCUT2D eigenvalue weighted by Gasteiger charge is 2.46. The number of halogens is 1. The number of hydrogen-bond acceptors (Lipinski definition) is 5. The maximum atomic E-state index is 13.2. The van der Waals surface area contributed by atoms with E-state index in [1.165, 1.54) is 11.0 Å². The minimum absolute atomic E-state index is 0.0199. The third-order valence-corrected chi connectivity index (χ3v) is 5.99. The monoisotopic (exact) mass is 477 g/mol. The van der Waals surface area contributed by atoms with Crippen molar-refractivity contribution < 1.29 is 24.5 Å². The fourth-order valence-electron chi connectivity index (χ4n) is 4.09. The summed E-state index contributed by atoms with van der Waals surface area (Å²) in [5, 5.41) is 21.8. The van der Waals surface area contributed by atoms with Crippen LogP contribution in [0.25, 0.3) is 5.76 Å². The molecular weight excluding hydrogens is 454 g/mol. The van der Waals surface area contributed by atoms with Gasteiger partial charge in [0, 0.05) is 17.1 Å². The van der Waals surface area contributed by atoms with E-state index in [-0.39, 0.29) is 29.4 Å². The van der Waals surface area contributed by atoms with Gasteiger partial charge in [-0.25, -0.2) is 0 Å². The summed E-state index contributed by atoms with van der Waals surface area (Å²) >= 11 is 5.97. The molecule has 1 unspecified atom stereocenters. The number of carbonyl (C=O) groups is 2. The Morgan fingerprint density at radius 1 is 1.03 bits per heavy atom. The fourth-order valence-corrected chi connectivity index (χ4v) is 4.21. The summed E-state index contributed by atoms with van der Waals surface area (Å²) in [4.78, 5) is 27.7. The molecule has 0 aliphatic carbocycles. The van der Waals surface area contributed by atoms with Crippen LogP contribution in [0.1, 0.15) is 29.7 Å². The van der Waals surface area contributed by atoms with Crippen LogP contribution in [0.2, 0.25) is 5.02 Å². The number of phenols is 1. The Balaban J connectivity index is 1.81. The largest absolute Gasteiger partial charge is 0.507 e. The summed E-state index contributed by atoms with van der Waals surface area (Å²) in [5.74, 6) is -1.56. The van der Waals surface area contributed by atoms with Crippen molar-refractivity contribution in [1.29, 1.82) is 0 Å². The molecule has 0 spiro atoms. The minimum Gasteiger partial charge on any atom is -0.507 e. The van der Waals surface area contributed by atoms with Gasteiger partial charge in [-0.05, 0) is 60.9 Å². The molecule has 0 aromatic heterocycles. The summed E-state index contributed by atoms with van der Waals surface area (Å²) in [6.45, 7) is 2.38. The number of amides is 1. The molecule has 4 rings (SSSR count). The predicted molar refractivity (Wildman–Crippen MR) is 130 cm³/mol. The number of benzene rings is 3. The van der Waals surface area contributed by atoms with E-state index >= 15 is 0 Å². The first kappa shape index (κ1) is 23.4. The highest BCUT2D eigenvalue weighted by Crippen LogP contribution is 2.42. The lowest BCUT2D eigenvalue weighted by molar-refractivity contribution is -0.139. The molecule has 6 nitrogen and oxygen atoms in total. The molecule has 2 N–H and O–H groups in total. The van der Waals surface area contributed by atoms with Crippen LogP contribution in [0.15, 0.2) is 78.4 Å². The first-order chi connectivity index (χ1) is 16.4. The summed E-state index contributed by atoms with van der Waals surface area (Å²) in [6.07, 6.45) is 0.530. The molecule has 34 heavy (non-hydrogen) atoms. The molecule has 1 atom stereocenters. The molecular formula is C27H24ClNO5. The molecule has 3 aromatic carbocycles. The number of rotatable bonds is 7. The van der Waals surface area contributed by atoms with Crippen LogP contribution < -0.4 is 4.74 Å². The maximum Gasteiger partial charge on any atom is 0.295 e. The van der Waals surface area contributed by atoms with Gasteiger partial charge in [-0.15, -0.1) is 0 Å². The third kappa shape index (κ3) is 4.63. The first-order valence-corrected chi connectivity index (χ1v) is 11.3. The standard InChI is InChI=1S/C27H24ClNO5/c1-2-34-22-16-19(10-13-21(22)30)24-23(25(31)18-8-11-20(28)12-9-18)26(32)27(33)29(24)15-14-17-6-4-3-5-7-17/h3-13,16,24,30-31H,2,14-15H2,1H3/b25-23+. The van der Waals surface area contributed by atoms with E-state index in [1.54, 1.807) is 43.3 Å². The van der Waals surface area contributed by atoms with Crippen molar-refractivity contribution in [3.8, 4) is 11.5 Å². The van der Waals surface area contributed by atoms with E-state index in [1.807, 2.05) is 30.3 Å². The Labute approximate surface area is 202 Å². The van der Waals surface area contributed by atoms with Gasteiger partial charge in [-0.2, -0.15) is 0 Å². The predicted octanol–water partition coefficient (Wildman–Crippen LogP) is 5.11. The van der Waals surface area contributed by atoms with Crippen molar-refractivity contribution in [2.24, 2.45) is 0 Å². The summed E-state index contributed by atoms with van der Waals surface area (Å²) in [5.41, 5.74) is 1.92. The van der Waals surface area contributed by atoms with Crippen LogP contribution >= 0.6 is 11.6 Å². The number of hydrogen-bond donors (Lipinski definition) is 2. The highest BCUT2D eigenvalue weighted by atomic mass is 35.5. The van der Waals surface area contributed by atoms with Crippen molar-refractivity contribution in [2.75, 3.05) is 13.2 Å². The Bertz CT molecular complexity index is 1240. The molecule has 1 amide bonds. The third-order valence-electron chi connectivity index (χ3n) is 5.74. The van der Waals surface area contributed by atoms with Crippen molar-refractivity contribution in [3.05, 3.63) is 100 Å². The van der Waals surface area contributed by atoms with Gasteiger partial charge >= 0.3 is 0 Å². The molecule has 0 radical (unpaired) electrons. The Hall–Kier alpha value is -3.77. The van der Waals surface area contributed by atoms with E-state index in [4.69, 9.17) is 16.3 Å². The number of likely N-dealkylation sites (tertiary alicyclic amines) is 1. The highest BCUT2D eigenvalue weighted by molar-refractivity contribution is 6.46. The molecule has 7 heteroatoms. The van der Waals surface area contributed by atoms with Crippen molar-refractivity contribution >= 4 is 29.1 Å². The van der Waals surface area contributed by atoms with Gasteiger partial charge in [-0.1, -0.05) is 48.0 Å².